The van der Waals surface area contributed by atoms with E-state index in [0.29, 0.717) is 5.92 Å². The summed E-state index contributed by atoms with van der Waals surface area (Å²) in [6.45, 7) is 23.4. The zero-order valence-electron chi connectivity index (χ0n) is 33.2. The van der Waals surface area contributed by atoms with Gasteiger partial charge in [0.25, 0.3) is 0 Å². The van der Waals surface area contributed by atoms with Crippen LogP contribution in [0.1, 0.15) is 113 Å². The molecule has 0 aliphatic rings. The van der Waals surface area contributed by atoms with Crippen molar-refractivity contribution in [1.29, 1.82) is 0 Å². The number of fused-ring (bicyclic) bond motifs is 2. The Morgan fingerprint density at radius 2 is 1.60 bits per heavy atom. The van der Waals surface area contributed by atoms with Crippen LogP contribution in [0.4, 0.5) is 0 Å². The van der Waals surface area contributed by atoms with Crippen molar-refractivity contribution in [2.45, 2.75) is 114 Å². The molecule has 0 bridgehead atoms. The van der Waals surface area contributed by atoms with Crippen molar-refractivity contribution in [3.63, 3.8) is 0 Å². The van der Waals surface area contributed by atoms with Crippen LogP contribution in [-0.2, 0) is 36.7 Å². The first-order chi connectivity index (χ1) is 24.0. The average molecular weight is 896 g/mol. The topological polar surface area (TPSA) is 54.1 Å². The number of carbonyl (C=O) groups excluding carboxylic acids is 1. The molecule has 0 saturated heterocycles. The van der Waals surface area contributed by atoms with Crippen LogP contribution >= 0.6 is 11.3 Å². The molecule has 3 heterocycles. The van der Waals surface area contributed by atoms with Crippen molar-refractivity contribution in [2.24, 2.45) is 16.7 Å². The van der Waals surface area contributed by atoms with Gasteiger partial charge in [-0.1, -0.05) is 105 Å². The second-order valence-electron chi connectivity index (χ2n) is 16.0. The molecule has 0 saturated carbocycles. The standard InChI is InChI=1S/C31H31N2S.C15H28O2.Ir/c1-20(2)15-24-19-34-30-26(11-13-32-29(24)30)22-12-14-33(6)28(18-22)23-16-21-9-7-8-10-25(21)27(17-23)31(3,4)5;1-7-14(5,8-2)12(16)11-13(17)15(6,9-3)10-4;/h7-14,17-20H,6,15H2,1-5H3;11,16H,7-10H2,1-6H3;/q-1;;/b;12-11-;. The van der Waals surface area contributed by atoms with Crippen molar-refractivity contribution in [1.82, 2.24) is 4.98 Å². The third kappa shape index (κ3) is 9.43. The quantitative estimate of drug-likeness (QED) is 0.0622. The van der Waals surface area contributed by atoms with Crippen LogP contribution in [0.25, 0.3) is 43.4 Å². The van der Waals surface area contributed by atoms with Crippen LogP contribution in [0, 0.1) is 29.9 Å². The van der Waals surface area contributed by atoms with Gasteiger partial charge in [0.2, 0.25) is 0 Å². The molecule has 4 nitrogen and oxygen atoms in total. The first-order valence-corrected chi connectivity index (χ1v) is 19.5. The maximum absolute atomic E-state index is 12.2. The summed E-state index contributed by atoms with van der Waals surface area (Å²) < 4.78 is 3.21. The number of carbonyl (C=O) groups is 1. The second-order valence-corrected chi connectivity index (χ2v) is 16.9. The zero-order valence-corrected chi connectivity index (χ0v) is 36.5. The van der Waals surface area contributed by atoms with E-state index in [1.807, 2.05) is 52.3 Å². The largest absolute Gasteiger partial charge is 0.512 e. The second kappa shape index (κ2) is 17.7. The van der Waals surface area contributed by atoms with Gasteiger partial charge in [-0.05, 0) is 78.1 Å². The van der Waals surface area contributed by atoms with E-state index >= 15 is 0 Å². The van der Waals surface area contributed by atoms with Crippen LogP contribution in [0.2, 0.25) is 0 Å². The summed E-state index contributed by atoms with van der Waals surface area (Å²) in [5.74, 6) is 0.894. The molecule has 0 amide bonds. The van der Waals surface area contributed by atoms with Gasteiger partial charge in [0, 0.05) is 55.8 Å². The van der Waals surface area contributed by atoms with Crippen LogP contribution < -0.4 is 4.57 Å². The number of aliphatic hydroxyl groups is 1. The maximum atomic E-state index is 12.2. The molecule has 5 rings (SSSR count). The predicted octanol–water partition coefficient (Wildman–Crippen LogP) is 12.7. The van der Waals surface area contributed by atoms with E-state index in [4.69, 9.17) is 4.98 Å². The number of rotatable bonds is 11. The van der Waals surface area contributed by atoms with Gasteiger partial charge in [-0.15, -0.1) is 40.5 Å². The van der Waals surface area contributed by atoms with Crippen LogP contribution in [0.15, 0.2) is 78.1 Å². The number of aliphatic hydroxyl groups excluding tert-OH is 1. The van der Waals surface area contributed by atoms with E-state index in [9.17, 15) is 9.90 Å². The van der Waals surface area contributed by atoms with Gasteiger partial charge in [0.15, 0.2) is 5.78 Å². The number of allylic oxidation sites excluding steroid dienone is 2. The molecule has 281 valence electrons. The Hall–Kier alpha value is -3.31. The molecule has 1 radical (unpaired) electrons. The van der Waals surface area contributed by atoms with Gasteiger partial charge < -0.3 is 9.67 Å². The number of nitrogens with zero attached hydrogens (tertiary/aromatic N) is 2. The van der Waals surface area contributed by atoms with Crippen molar-refractivity contribution in [2.75, 3.05) is 0 Å². The monoisotopic (exact) mass is 896 g/mol. The summed E-state index contributed by atoms with van der Waals surface area (Å²) in [5.41, 5.74) is 7.75. The minimum Gasteiger partial charge on any atom is -0.512 e. The molecule has 2 aromatic carbocycles. The van der Waals surface area contributed by atoms with Crippen molar-refractivity contribution in [3.8, 4) is 22.4 Å². The molecule has 5 aromatic rings. The van der Waals surface area contributed by atoms with Gasteiger partial charge in [-0.3, -0.25) is 9.78 Å². The van der Waals surface area contributed by atoms with E-state index in [0.717, 1.165) is 54.3 Å². The molecule has 52 heavy (non-hydrogen) atoms. The van der Waals surface area contributed by atoms with E-state index in [2.05, 4.69) is 108 Å². The number of aromatic nitrogens is 2. The van der Waals surface area contributed by atoms with Crippen molar-refractivity contribution in [3.05, 3.63) is 102 Å². The van der Waals surface area contributed by atoms with Crippen molar-refractivity contribution >= 4 is 38.1 Å². The molecule has 0 aliphatic carbocycles. The zero-order chi connectivity index (χ0) is 37.7. The normalized spacial score (nSPS) is 12.5. The Morgan fingerprint density at radius 3 is 2.19 bits per heavy atom. The molecule has 1 N–H and O–H groups in total. The summed E-state index contributed by atoms with van der Waals surface area (Å²) in [7, 11) is 4.29. The fourth-order valence-corrected chi connectivity index (χ4v) is 7.47. The fourth-order valence-electron chi connectivity index (χ4n) is 6.40. The van der Waals surface area contributed by atoms with Gasteiger partial charge in [0.1, 0.15) is 11.5 Å². The summed E-state index contributed by atoms with van der Waals surface area (Å²) in [4.78, 5) is 16.9. The Morgan fingerprint density at radius 1 is 0.962 bits per heavy atom. The Labute approximate surface area is 331 Å². The molecule has 3 aromatic heterocycles. The molecule has 0 aliphatic heterocycles. The number of thiophene rings is 1. The molecular formula is C46H59IrN2O2S-. The summed E-state index contributed by atoms with van der Waals surface area (Å²) >= 11 is 1.80. The number of hydrogen-bond donors (Lipinski definition) is 1. The predicted molar refractivity (Wildman–Crippen MR) is 218 cm³/mol. The van der Waals surface area contributed by atoms with E-state index in [1.165, 1.54) is 38.4 Å². The van der Waals surface area contributed by atoms with Gasteiger partial charge in [0.05, 0.1) is 16.4 Å². The molecule has 0 unspecified atom stereocenters. The Bertz CT molecular complexity index is 2010. The molecule has 0 atom stereocenters. The summed E-state index contributed by atoms with van der Waals surface area (Å²) in [5, 5.41) is 14.8. The summed E-state index contributed by atoms with van der Waals surface area (Å²) in [6.07, 6.45) is 9.81. The first-order valence-electron chi connectivity index (χ1n) is 18.6. The fraction of sp³-hybridized carbons (Fsp3) is 0.435. The number of benzene rings is 2. The molecule has 0 fully saturated rings. The molecular weight excluding hydrogens is 837 g/mol. The Balaban J connectivity index is 0.000000347. The third-order valence-corrected chi connectivity index (χ3v) is 12.0. The minimum absolute atomic E-state index is 0. The minimum atomic E-state index is -0.337. The smallest absolute Gasteiger partial charge is 0.164 e. The summed E-state index contributed by atoms with van der Waals surface area (Å²) in [6, 6.07) is 21.0. The van der Waals surface area contributed by atoms with Crippen LogP contribution in [-0.4, -0.2) is 15.9 Å². The third-order valence-electron chi connectivity index (χ3n) is 11.0. The Kier molecular flexibility index (Phi) is 14.6. The van der Waals surface area contributed by atoms with Crippen molar-refractivity contribution < 1.29 is 34.6 Å². The van der Waals surface area contributed by atoms with Crippen LogP contribution in [0.3, 0.4) is 0 Å². The SMILES string of the molecule is CCC(C)(CC)C(=O)/C=C(\O)C(C)(CC)CC.[CH2-][n+]1ccc(-c2ccnc3c(CC(C)C)csc23)cc1-c1[c-]c2ccccc2c(C(C)(C)C)c1.[Ir]. The number of ketones is 1. The molecule has 0 spiro atoms. The average Bonchev–Trinajstić information content (AvgIpc) is 3.52. The van der Waals surface area contributed by atoms with Gasteiger partial charge >= 0.3 is 0 Å². The van der Waals surface area contributed by atoms with E-state index in [1.54, 1.807) is 11.3 Å². The van der Waals surface area contributed by atoms with E-state index in [-0.39, 0.29) is 47.9 Å². The van der Waals surface area contributed by atoms with Crippen LogP contribution in [0.5, 0.6) is 0 Å². The number of hydrogen-bond acceptors (Lipinski definition) is 4. The van der Waals surface area contributed by atoms with Gasteiger partial charge in [-0.2, -0.15) is 0 Å². The molecule has 6 heteroatoms. The first kappa shape index (κ1) is 43.1. The maximum Gasteiger partial charge on any atom is 0.164 e. The number of pyridine rings is 2. The van der Waals surface area contributed by atoms with E-state index < -0.39 is 0 Å². The van der Waals surface area contributed by atoms with Gasteiger partial charge in [-0.25, -0.2) is 0 Å².